The molecule has 0 spiro atoms. The van der Waals surface area contributed by atoms with Crippen molar-refractivity contribution in [2.75, 3.05) is 18.8 Å². The summed E-state index contributed by atoms with van der Waals surface area (Å²) in [6, 6.07) is 3.35. The molecule has 1 heterocycles. The molecular weight excluding hydrogens is 284 g/mol. The summed E-state index contributed by atoms with van der Waals surface area (Å²) in [5, 5.41) is 0. The normalized spacial score (nSPS) is 21.1. The monoisotopic (exact) mass is 303 g/mol. The van der Waals surface area contributed by atoms with Gasteiger partial charge in [-0.25, -0.2) is 21.5 Å². The van der Waals surface area contributed by atoms with E-state index in [1.807, 2.05) is 6.92 Å². The maximum atomic E-state index is 13.8. The van der Waals surface area contributed by atoms with Crippen molar-refractivity contribution in [3.8, 4) is 0 Å². The second-order valence-electron chi connectivity index (χ2n) is 5.18. The van der Waals surface area contributed by atoms with E-state index in [1.165, 1.54) is 10.4 Å². The standard InChI is InChI=1S/C14H19F2NO2S/c1-2-8-20(18,19)17-7-3-4-11(10-17)13-9-12(15)5-6-14(13)16/h5-6,9,11H,2-4,7-8,10H2,1H3. The molecule has 1 unspecified atom stereocenters. The van der Waals surface area contributed by atoms with Crippen molar-refractivity contribution in [2.24, 2.45) is 0 Å². The molecule has 1 aliphatic heterocycles. The quantitative estimate of drug-likeness (QED) is 0.857. The zero-order valence-electron chi connectivity index (χ0n) is 11.5. The molecular formula is C14H19F2NO2S. The zero-order chi connectivity index (χ0) is 14.8. The summed E-state index contributed by atoms with van der Waals surface area (Å²) in [4.78, 5) is 0. The van der Waals surface area contributed by atoms with Crippen LogP contribution in [0, 0.1) is 11.6 Å². The van der Waals surface area contributed by atoms with E-state index in [4.69, 9.17) is 0 Å². The van der Waals surface area contributed by atoms with Crippen molar-refractivity contribution in [1.82, 2.24) is 4.31 Å². The average molecular weight is 303 g/mol. The molecule has 0 N–H and O–H groups in total. The lowest BCUT2D eigenvalue weighted by Gasteiger charge is -2.32. The van der Waals surface area contributed by atoms with Crippen molar-refractivity contribution in [1.29, 1.82) is 0 Å². The Hall–Kier alpha value is -1.01. The SMILES string of the molecule is CCCS(=O)(=O)N1CCCC(c2cc(F)ccc2F)C1. The molecule has 6 heteroatoms. The smallest absolute Gasteiger partial charge is 0.212 e. The third-order valence-corrected chi connectivity index (χ3v) is 5.68. The van der Waals surface area contributed by atoms with E-state index < -0.39 is 21.7 Å². The van der Waals surface area contributed by atoms with Gasteiger partial charge < -0.3 is 0 Å². The molecule has 1 fully saturated rings. The molecule has 3 nitrogen and oxygen atoms in total. The first-order chi connectivity index (χ1) is 9.44. The Morgan fingerprint density at radius 3 is 2.80 bits per heavy atom. The van der Waals surface area contributed by atoms with Crippen molar-refractivity contribution in [3.05, 3.63) is 35.4 Å². The predicted molar refractivity (Wildman–Crippen MR) is 74.0 cm³/mol. The van der Waals surface area contributed by atoms with Crippen LogP contribution in [0.1, 0.15) is 37.7 Å². The molecule has 1 atom stereocenters. The number of halogens is 2. The molecule has 0 bridgehead atoms. The molecule has 0 radical (unpaired) electrons. The second-order valence-corrected chi connectivity index (χ2v) is 7.27. The fourth-order valence-corrected chi connectivity index (χ4v) is 4.25. The van der Waals surface area contributed by atoms with E-state index in [-0.39, 0.29) is 23.8 Å². The van der Waals surface area contributed by atoms with E-state index in [1.54, 1.807) is 0 Å². The Kier molecular flexibility index (Phi) is 4.75. The molecule has 1 saturated heterocycles. The lowest BCUT2D eigenvalue weighted by Crippen LogP contribution is -2.40. The fraction of sp³-hybridized carbons (Fsp3) is 0.571. The number of sulfonamides is 1. The summed E-state index contributed by atoms with van der Waals surface area (Å²) in [6.45, 7) is 2.52. The first kappa shape index (κ1) is 15.4. The second kappa shape index (κ2) is 6.18. The number of nitrogens with zero attached hydrogens (tertiary/aromatic N) is 1. The van der Waals surface area contributed by atoms with Gasteiger partial charge in [0.15, 0.2) is 0 Å². The minimum Gasteiger partial charge on any atom is -0.212 e. The van der Waals surface area contributed by atoms with Crippen LogP contribution in [0.25, 0.3) is 0 Å². The summed E-state index contributed by atoms with van der Waals surface area (Å²) < 4.78 is 52.6. The van der Waals surface area contributed by atoms with Crippen LogP contribution in [-0.4, -0.2) is 31.6 Å². The van der Waals surface area contributed by atoms with E-state index >= 15 is 0 Å². The van der Waals surface area contributed by atoms with Gasteiger partial charge in [-0.1, -0.05) is 6.92 Å². The Morgan fingerprint density at radius 1 is 1.35 bits per heavy atom. The van der Waals surface area contributed by atoms with Gasteiger partial charge in [0.25, 0.3) is 0 Å². The molecule has 0 aliphatic carbocycles. The summed E-state index contributed by atoms with van der Waals surface area (Å²) in [6.07, 6.45) is 1.90. The van der Waals surface area contributed by atoms with Gasteiger partial charge in [0, 0.05) is 19.0 Å². The minimum atomic E-state index is -3.28. The number of hydrogen-bond donors (Lipinski definition) is 0. The van der Waals surface area contributed by atoms with Crippen molar-refractivity contribution < 1.29 is 17.2 Å². The first-order valence-corrected chi connectivity index (χ1v) is 8.47. The van der Waals surface area contributed by atoms with Crippen LogP contribution in [0.3, 0.4) is 0 Å². The number of benzene rings is 1. The van der Waals surface area contributed by atoms with E-state index in [0.717, 1.165) is 12.1 Å². The highest BCUT2D eigenvalue weighted by Gasteiger charge is 2.30. The molecule has 0 saturated carbocycles. The lowest BCUT2D eigenvalue weighted by molar-refractivity contribution is 0.311. The Labute approximate surface area is 118 Å². The molecule has 2 rings (SSSR count). The maximum absolute atomic E-state index is 13.8. The summed E-state index contributed by atoms with van der Waals surface area (Å²) in [5.41, 5.74) is 0.279. The van der Waals surface area contributed by atoms with Gasteiger partial charge in [-0.2, -0.15) is 0 Å². The summed E-state index contributed by atoms with van der Waals surface area (Å²) >= 11 is 0. The molecule has 0 aromatic heterocycles. The molecule has 1 aromatic rings. The van der Waals surface area contributed by atoms with Crippen LogP contribution in [0.5, 0.6) is 0 Å². The van der Waals surface area contributed by atoms with Gasteiger partial charge >= 0.3 is 0 Å². The number of piperidine rings is 1. The maximum Gasteiger partial charge on any atom is 0.214 e. The Morgan fingerprint density at radius 2 is 2.10 bits per heavy atom. The van der Waals surface area contributed by atoms with Crippen LogP contribution in [0.15, 0.2) is 18.2 Å². The largest absolute Gasteiger partial charge is 0.214 e. The van der Waals surface area contributed by atoms with Gasteiger partial charge in [-0.15, -0.1) is 0 Å². The third-order valence-electron chi connectivity index (χ3n) is 3.64. The number of hydrogen-bond acceptors (Lipinski definition) is 2. The van der Waals surface area contributed by atoms with E-state index in [0.29, 0.717) is 25.8 Å². The minimum absolute atomic E-state index is 0.103. The predicted octanol–water partition coefficient (Wildman–Crippen LogP) is 2.88. The third kappa shape index (κ3) is 3.35. The van der Waals surface area contributed by atoms with Crippen molar-refractivity contribution in [3.63, 3.8) is 0 Å². The van der Waals surface area contributed by atoms with Gasteiger partial charge in [0.1, 0.15) is 11.6 Å². The van der Waals surface area contributed by atoms with Crippen molar-refractivity contribution in [2.45, 2.75) is 32.1 Å². The van der Waals surface area contributed by atoms with Gasteiger partial charge in [-0.3, -0.25) is 0 Å². The topological polar surface area (TPSA) is 37.4 Å². The van der Waals surface area contributed by atoms with E-state index in [9.17, 15) is 17.2 Å². The number of rotatable bonds is 4. The zero-order valence-corrected chi connectivity index (χ0v) is 12.3. The van der Waals surface area contributed by atoms with Gasteiger partial charge in [-0.05, 0) is 43.0 Å². The van der Waals surface area contributed by atoms with Crippen molar-refractivity contribution >= 4 is 10.0 Å². The Balaban J connectivity index is 2.21. The molecule has 1 aromatic carbocycles. The highest BCUT2D eigenvalue weighted by Crippen LogP contribution is 2.30. The summed E-state index contributed by atoms with van der Waals surface area (Å²) in [7, 11) is -3.28. The van der Waals surface area contributed by atoms with Gasteiger partial charge in [0.05, 0.1) is 5.75 Å². The molecule has 20 heavy (non-hydrogen) atoms. The van der Waals surface area contributed by atoms with Crippen LogP contribution in [0.4, 0.5) is 8.78 Å². The fourth-order valence-electron chi connectivity index (χ4n) is 2.66. The van der Waals surface area contributed by atoms with Crippen LogP contribution in [0.2, 0.25) is 0 Å². The van der Waals surface area contributed by atoms with Gasteiger partial charge in [0.2, 0.25) is 10.0 Å². The first-order valence-electron chi connectivity index (χ1n) is 6.87. The highest BCUT2D eigenvalue weighted by molar-refractivity contribution is 7.89. The average Bonchev–Trinajstić information content (AvgIpc) is 2.42. The van der Waals surface area contributed by atoms with Crippen LogP contribution >= 0.6 is 0 Å². The lowest BCUT2D eigenvalue weighted by atomic mass is 9.91. The molecule has 1 aliphatic rings. The molecule has 0 amide bonds. The van der Waals surface area contributed by atoms with Crippen LogP contribution in [-0.2, 0) is 10.0 Å². The van der Waals surface area contributed by atoms with Crippen LogP contribution < -0.4 is 0 Å². The highest BCUT2D eigenvalue weighted by atomic mass is 32.2. The van der Waals surface area contributed by atoms with E-state index in [2.05, 4.69) is 0 Å². The molecule has 112 valence electrons. The Bertz CT molecular complexity index is 575. The summed E-state index contributed by atoms with van der Waals surface area (Å²) in [5.74, 6) is -1.13.